The third kappa shape index (κ3) is 2.74. The van der Waals surface area contributed by atoms with Crippen molar-refractivity contribution >= 4 is 0 Å². The number of allylic oxidation sites excluding steroid dienone is 2. The number of fused-ring (bicyclic) bond motifs is 1. The number of ether oxygens (including phenoxy) is 1. The smallest absolute Gasteiger partial charge is 0.113 e. The zero-order valence-electron chi connectivity index (χ0n) is 11.6. The molecule has 0 aromatic rings. The van der Waals surface area contributed by atoms with Gasteiger partial charge < -0.3 is 9.84 Å². The maximum Gasteiger partial charge on any atom is 0.113 e. The molecule has 17 heavy (non-hydrogen) atoms. The molecule has 2 heteroatoms. The molecular weight excluding hydrogens is 212 g/mol. The molecule has 0 aromatic heterocycles. The van der Waals surface area contributed by atoms with E-state index in [1.807, 2.05) is 0 Å². The van der Waals surface area contributed by atoms with E-state index in [9.17, 15) is 5.11 Å². The topological polar surface area (TPSA) is 32.8 Å². The third-order valence-electron chi connectivity index (χ3n) is 4.55. The molecule has 2 rings (SSSR count). The van der Waals surface area contributed by atoms with Crippen LogP contribution in [0, 0.1) is 11.8 Å². The Kier molecular flexibility index (Phi) is 3.65. The highest BCUT2D eigenvalue weighted by Gasteiger charge is 2.57. The van der Waals surface area contributed by atoms with Crippen molar-refractivity contribution in [1.29, 1.82) is 0 Å². The molecule has 0 saturated carbocycles. The summed E-state index contributed by atoms with van der Waals surface area (Å²) in [4.78, 5) is 0. The van der Waals surface area contributed by atoms with Crippen LogP contribution >= 0.6 is 0 Å². The lowest BCUT2D eigenvalue weighted by molar-refractivity contribution is 0.0505. The summed E-state index contributed by atoms with van der Waals surface area (Å²) in [5.41, 5.74) is 1.39. The zero-order chi connectivity index (χ0) is 12.6. The maximum atomic E-state index is 10.5. The van der Waals surface area contributed by atoms with Crippen molar-refractivity contribution in [3.8, 4) is 0 Å². The van der Waals surface area contributed by atoms with Crippen LogP contribution < -0.4 is 0 Å². The van der Waals surface area contributed by atoms with Gasteiger partial charge in [0.2, 0.25) is 0 Å². The van der Waals surface area contributed by atoms with Gasteiger partial charge in [0.05, 0.1) is 11.7 Å². The highest BCUT2D eigenvalue weighted by Crippen LogP contribution is 2.46. The van der Waals surface area contributed by atoms with Gasteiger partial charge in [-0.15, -0.1) is 0 Å². The first kappa shape index (κ1) is 13.1. The number of hydrogen-bond acceptors (Lipinski definition) is 2. The first-order chi connectivity index (χ1) is 7.94. The molecule has 1 aliphatic carbocycles. The lowest BCUT2D eigenvalue weighted by Crippen LogP contribution is -2.33. The van der Waals surface area contributed by atoms with E-state index in [2.05, 4.69) is 33.8 Å². The maximum absolute atomic E-state index is 10.5. The molecule has 0 aromatic carbocycles. The second kappa shape index (κ2) is 4.74. The fraction of sp³-hybridized carbons (Fsp3) is 0.867. The molecular formula is C15H26O2. The second-order valence-corrected chi connectivity index (χ2v) is 6.38. The van der Waals surface area contributed by atoms with E-state index in [0.717, 1.165) is 25.7 Å². The van der Waals surface area contributed by atoms with Crippen molar-refractivity contribution in [1.82, 2.24) is 0 Å². The van der Waals surface area contributed by atoms with Gasteiger partial charge in [0.25, 0.3) is 0 Å². The van der Waals surface area contributed by atoms with E-state index < -0.39 is 0 Å². The van der Waals surface area contributed by atoms with Gasteiger partial charge in [0, 0.05) is 0 Å². The number of rotatable bonds is 1. The van der Waals surface area contributed by atoms with E-state index in [-0.39, 0.29) is 17.8 Å². The molecule has 2 aliphatic rings. The van der Waals surface area contributed by atoms with Crippen molar-refractivity contribution in [2.24, 2.45) is 11.8 Å². The van der Waals surface area contributed by atoms with E-state index in [1.165, 1.54) is 5.57 Å². The molecule has 0 spiro atoms. The summed E-state index contributed by atoms with van der Waals surface area (Å²) in [6, 6.07) is 0. The van der Waals surface area contributed by atoms with E-state index in [0.29, 0.717) is 11.8 Å². The molecule has 0 bridgehead atoms. The minimum absolute atomic E-state index is 0.0688. The Morgan fingerprint density at radius 2 is 2.18 bits per heavy atom. The number of hydrogen-bond donors (Lipinski definition) is 1. The molecule has 0 amide bonds. The number of epoxide rings is 1. The normalized spacial score (nSPS) is 42.9. The minimum atomic E-state index is -0.286. The van der Waals surface area contributed by atoms with E-state index >= 15 is 0 Å². The van der Waals surface area contributed by atoms with Crippen LogP contribution in [0.25, 0.3) is 0 Å². The van der Waals surface area contributed by atoms with Gasteiger partial charge in [-0.05, 0) is 51.4 Å². The van der Waals surface area contributed by atoms with Crippen LogP contribution in [0.4, 0.5) is 0 Å². The molecule has 2 nitrogen and oxygen atoms in total. The van der Waals surface area contributed by atoms with Crippen LogP contribution in [-0.2, 0) is 4.74 Å². The third-order valence-corrected chi connectivity index (χ3v) is 4.55. The quantitative estimate of drug-likeness (QED) is 0.561. The van der Waals surface area contributed by atoms with Gasteiger partial charge in [-0.3, -0.25) is 0 Å². The fourth-order valence-corrected chi connectivity index (χ4v) is 3.11. The average molecular weight is 238 g/mol. The average Bonchev–Trinajstić information content (AvgIpc) is 2.89. The fourth-order valence-electron chi connectivity index (χ4n) is 3.11. The Morgan fingerprint density at radius 3 is 2.82 bits per heavy atom. The molecule has 98 valence electrons. The van der Waals surface area contributed by atoms with E-state index in [4.69, 9.17) is 4.74 Å². The van der Waals surface area contributed by atoms with Crippen LogP contribution in [0.5, 0.6) is 0 Å². The highest BCUT2D eigenvalue weighted by molar-refractivity contribution is 5.09. The lowest BCUT2D eigenvalue weighted by Gasteiger charge is -2.27. The highest BCUT2D eigenvalue weighted by atomic mass is 16.6. The molecule has 0 unspecified atom stereocenters. The summed E-state index contributed by atoms with van der Waals surface area (Å²) in [6.07, 6.45) is 6.45. The Hall–Kier alpha value is -0.340. The van der Waals surface area contributed by atoms with Crippen LogP contribution in [0.3, 0.4) is 0 Å². The first-order valence-corrected chi connectivity index (χ1v) is 6.95. The monoisotopic (exact) mass is 238 g/mol. The lowest BCUT2D eigenvalue weighted by atomic mass is 9.80. The van der Waals surface area contributed by atoms with Gasteiger partial charge in [-0.2, -0.15) is 0 Å². The van der Waals surface area contributed by atoms with Crippen LogP contribution in [0.15, 0.2) is 11.6 Å². The molecule has 1 fully saturated rings. The molecule has 0 radical (unpaired) electrons. The predicted octanol–water partition coefficient (Wildman–Crippen LogP) is 3.30. The molecule has 1 aliphatic heterocycles. The van der Waals surface area contributed by atoms with Crippen LogP contribution in [-0.4, -0.2) is 22.9 Å². The second-order valence-electron chi connectivity index (χ2n) is 6.38. The van der Waals surface area contributed by atoms with Gasteiger partial charge in [0.1, 0.15) is 6.10 Å². The Balaban J connectivity index is 2.14. The number of aliphatic hydroxyl groups excluding tert-OH is 1. The molecule has 4 atom stereocenters. The SMILES string of the molecule is CC1=CCC[C@@]2(C)O[C@H]2[C@@H](O)[C@H](C(C)C)CC1. The van der Waals surface area contributed by atoms with Gasteiger partial charge in [-0.1, -0.05) is 25.5 Å². The summed E-state index contributed by atoms with van der Waals surface area (Å²) in [5.74, 6) is 0.883. The van der Waals surface area contributed by atoms with E-state index in [1.54, 1.807) is 0 Å². The van der Waals surface area contributed by atoms with Gasteiger partial charge >= 0.3 is 0 Å². The van der Waals surface area contributed by atoms with Crippen LogP contribution in [0.2, 0.25) is 0 Å². The standard InChI is InChI=1S/C15H26O2/c1-10(2)12-8-7-11(3)6-5-9-15(4)14(17-15)13(12)16/h6,10,12-14,16H,5,7-9H2,1-4H3/t12-,13-,14-,15+/m0/s1. The molecule has 1 heterocycles. The summed E-state index contributed by atoms with van der Waals surface area (Å²) >= 11 is 0. The summed E-state index contributed by atoms with van der Waals surface area (Å²) in [7, 11) is 0. The van der Waals surface area contributed by atoms with Crippen molar-refractivity contribution in [2.45, 2.75) is 71.2 Å². The largest absolute Gasteiger partial charge is 0.390 e. The summed E-state index contributed by atoms with van der Waals surface area (Å²) in [5, 5.41) is 10.5. The minimum Gasteiger partial charge on any atom is -0.390 e. The Bertz CT molecular complexity index is 308. The molecule has 1 N–H and O–H groups in total. The zero-order valence-corrected chi connectivity index (χ0v) is 11.6. The van der Waals surface area contributed by atoms with Crippen LogP contribution in [0.1, 0.15) is 53.4 Å². The Labute approximate surface area is 105 Å². The number of aliphatic hydroxyl groups is 1. The van der Waals surface area contributed by atoms with Gasteiger partial charge in [-0.25, -0.2) is 0 Å². The van der Waals surface area contributed by atoms with Crippen molar-refractivity contribution in [3.63, 3.8) is 0 Å². The predicted molar refractivity (Wildman–Crippen MR) is 69.8 cm³/mol. The summed E-state index contributed by atoms with van der Waals surface area (Å²) in [6.45, 7) is 8.76. The van der Waals surface area contributed by atoms with Crippen molar-refractivity contribution < 1.29 is 9.84 Å². The van der Waals surface area contributed by atoms with Crippen molar-refractivity contribution in [2.75, 3.05) is 0 Å². The first-order valence-electron chi connectivity index (χ1n) is 6.95. The molecule has 1 saturated heterocycles. The van der Waals surface area contributed by atoms with Gasteiger partial charge in [0.15, 0.2) is 0 Å². The Morgan fingerprint density at radius 1 is 1.47 bits per heavy atom. The summed E-state index contributed by atoms with van der Waals surface area (Å²) < 4.78 is 5.79. The van der Waals surface area contributed by atoms with Crippen molar-refractivity contribution in [3.05, 3.63) is 11.6 Å².